The highest BCUT2D eigenvalue weighted by molar-refractivity contribution is 7.12. The van der Waals surface area contributed by atoms with Crippen LogP contribution in [0.3, 0.4) is 0 Å². The molecule has 0 aliphatic carbocycles. The fourth-order valence-corrected chi connectivity index (χ4v) is 1.87. The molecule has 0 aliphatic heterocycles. The van der Waals surface area contributed by atoms with Gasteiger partial charge in [0.2, 0.25) is 5.95 Å². The quantitative estimate of drug-likeness (QED) is 0.786. The van der Waals surface area contributed by atoms with Crippen LogP contribution in [0.25, 0.3) is 0 Å². The van der Waals surface area contributed by atoms with E-state index in [0.717, 1.165) is 0 Å². The van der Waals surface area contributed by atoms with Crippen molar-refractivity contribution in [2.24, 2.45) is 0 Å². The van der Waals surface area contributed by atoms with Gasteiger partial charge in [0.25, 0.3) is 5.91 Å². The number of anilines is 2. The number of halogens is 1. The topological polar surface area (TPSA) is 68.0 Å². The van der Waals surface area contributed by atoms with Crippen LogP contribution in [0.1, 0.15) is 9.67 Å². The summed E-state index contributed by atoms with van der Waals surface area (Å²) in [5.74, 6) is -0.861. The first-order valence-corrected chi connectivity index (χ1v) is 5.31. The number of nitrogens with zero attached hydrogens (tertiary/aromatic N) is 1. The van der Waals surface area contributed by atoms with Crippen LogP contribution in [0.5, 0.6) is 0 Å². The molecule has 16 heavy (non-hydrogen) atoms. The Hall–Kier alpha value is -1.95. The first kappa shape index (κ1) is 10.6. The van der Waals surface area contributed by atoms with Crippen LogP contribution in [-0.4, -0.2) is 10.9 Å². The number of thiophene rings is 1. The third-order valence-electron chi connectivity index (χ3n) is 1.86. The summed E-state index contributed by atoms with van der Waals surface area (Å²) >= 11 is 1.22. The number of amides is 1. The molecule has 2 heterocycles. The highest BCUT2D eigenvalue weighted by atomic mass is 32.1. The van der Waals surface area contributed by atoms with Gasteiger partial charge in [0.15, 0.2) is 0 Å². The Morgan fingerprint density at radius 1 is 1.44 bits per heavy atom. The van der Waals surface area contributed by atoms with E-state index >= 15 is 0 Å². The molecular formula is C10H8FN3OS. The second-order valence-electron chi connectivity index (χ2n) is 3.00. The summed E-state index contributed by atoms with van der Waals surface area (Å²) in [6.45, 7) is 0. The van der Waals surface area contributed by atoms with Crippen LogP contribution in [0.2, 0.25) is 0 Å². The summed E-state index contributed by atoms with van der Waals surface area (Å²) in [5.41, 5.74) is 5.98. The van der Waals surface area contributed by atoms with Gasteiger partial charge in [-0.2, -0.15) is 4.39 Å². The van der Waals surface area contributed by atoms with Crippen LogP contribution in [0, 0.1) is 5.95 Å². The van der Waals surface area contributed by atoms with E-state index in [0.29, 0.717) is 10.6 Å². The Morgan fingerprint density at radius 2 is 2.25 bits per heavy atom. The Morgan fingerprint density at radius 3 is 2.88 bits per heavy atom. The molecule has 0 aromatic carbocycles. The van der Waals surface area contributed by atoms with E-state index in [9.17, 15) is 9.18 Å². The lowest BCUT2D eigenvalue weighted by atomic mass is 10.3. The molecule has 1 amide bonds. The Balaban J connectivity index is 2.17. The van der Waals surface area contributed by atoms with Gasteiger partial charge in [-0.1, -0.05) is 6.07 Å². The zero-order chi connectivity index (χ0) is 11.5. The fourth-order valence-electron chi connectivity index (χ4n) is 1.15. The summed E-state index contributed by atoms with van der Waals surface area (Å²) in [6.07, 6.45) is 0. The molecule has 0 spiro atoms. The van der Waals surface area contributed by atoms with Crippen LogP contribution in [0.4, 0.5) is 15.9 Å². The van der Waals surface area contributed by atoms with Gasteiger partial charge in [0.05, 0.1) is 5.69 Å². The van der Waals surface area contributed by atoms with E-state index in [4.69, 9.17) is 5.73 Å². The Labute approximate surface area is 94.9 Å². The van der Waals surface area contributed by atoms with E-state index in [1.54, 1.807) is 11.4 Å². The third-order valence-corrected chi connectivity index (χ3v) is 2.79. The smallest absolute Gasteiger partial charge is 0.269 e. The van der Waals surface area contributed by atoms with Crippen molar-refractivity contribution in [3.8, 4) is 0 Å². The van der Waals surface area contributed by atoms with E-state index in [1.807, 2.05) is 0 Å². The molecule has 2 rings (SSSR count). The van der Waals surface area contributed by atoms with Crippen LogP contribution >= 0.6 is 11.3 Å². The van der Waals surface area contributed by atoms with Crippen LogP contribution < -0.4 is 11.1 Å². The van der Waals surface area contributed by atoms with Crippen molar-refractivity contribution >= 4 is 28.7 Å². The minimum atomic E-state index is -0.642. The number of nitrogens with two attached hydrogens (primary N) is 1. The van der Waals surface area contributed by atoms with Gasteiger partial charge in [-0.3, -0.25) is 4.79 Å². The highest BCUT2D eigenvalue weighted by Crippen LogP contribution is 2.19. The molecule has 82 valence electrons. The number of nitrogen functional groups attached to an aromatic ring is 1. The molecule has 0 saturated carbocycles. The van der Waals surface area contributed by atoms with Crippen molar-refractivity contribution in [3.63, 3.8) is 0 Å². The minimum Gasteiger partial charge on any atom is -0.397 e. The third kappa shape index (κ3) is 2.17. The first-order chi connectivity index (χ1) is 7.66. The molecule has 4 nitrogen and oxygen atoms in total. The average molecular weight is 237 g/mol. The molecule has 0 unspecified atom stereocenters. The zero-order valence-electron chi connectivity index (χ0n) is 8.11. The molecule has 0 saturated heterocycles. The lowest BCUT2D eigenvalue weighted by Gasteiger charge is -2.02. The normalized spacial score (nSPS) is 10.1. The number of pyridine rings is 1. The van der Waals surface area contributed by atoms with E-state index in [1.165, 1.54) is 29.5 Å². The molecular weight excluding hydrogens is 229 g/mol. The molecule has 2 aromatic rings. The van der Waals surface area contributed by atoms with Gasteiger partial charge < -0.3 is 11.1 Å². The van der Waals surface area contributed by atoms with E-state index < -0.39 is 5.95 Å². The van der Waals surface area contributed by atoms with Gasteiger partial charge in [-0.05, 0) is 23.6 Å². The van der Waals surface area contributed by atoms with E-state index in [2.05, 4.69) is 10.3 Å². The Bertz CT molecular complexity index is 526. The standard InChI is InChI=1S/C10H8FN3OS/c11-7-2-1-3-8(13-7)14-10(15)9-6(12)4-5-16-9/h1-5H,12H2,(H,13,14,15). The van der Waals surface area contributed by atoms with Crippen molar-refractivity contribution in [2.75, 3.05) is 11.1 Å². The second kappa shape index (κ2) is 4.28. The maximum Gasteiger partial charge on any atom is 0.269 e. The second-order valence-corrected chi connectivity index (χ2v) is 3.92. The SMILES string of the molecule is Nc1ccsc1C(=O)Nc1cccc(F)n1. The Kier molecular flexibility index (Phi) is 2.82. The zero-order valence-corrected chi connectivity index (χ0v) is 8.92. The van der Waals surface area contributed by atoms with Gasteiger partial charge in [-0.25, -0.2) is 4.98 Å². The van der Waals surface area contributed by atoms with Crippen molar-refractivity contribution in [1.82, 2.24) is 4.98 Å². The molecule has 0 radical (unpaired) electrons. The predicted octanol–water partition coefficient (Wildman–Crippen LogP) is 2.12. The molecule has 2 aromatic heterocycles. The van der Waals surface area contributed by atoms with Crippen LogP contribution in [0.15, 0.2) is 29.6 Å². The van der Waals surface area contributed by atoms with Gasteiger partial charge in [0, 0.05) is 0 Å². The van der Waals surface area contributed by atoms with Crippen molar-refractivity contribution in [3.05, 3.63) is 40.5 Å². The number of aromatic nitrogens is 1. The summed E-state index contributed by atoms with van der Waals surface area (Å²) in [7, 11) is 0. The predicted molar refractivity (Wildman–Crippen MR) is 60.9 cm³/mol. The summed E-state index contributed by atoms with van der Waals surface area (Å²) in [4.78, 5) is 15.6. The lowest BCUT2D eigenvalue weighted by molar-refractivity contribution is 0.103. The number of hydrogen-bond acceptors (Lipinski definition) is 4. The van der Waals surface area contributed by atoms with Crippen molar-refractivity contribution in [2.45, 2.75) is 0 Å². The first-order valence-electron chi connectivity index (χ1n) is 4.43. The average Bonchev–Trinajstić information content (AvgIpc) is 2.64. The molecule has 0 fully saturated rings. The number of carbonyl (C=O) groups is 1. The van der Waals surface area contributed by atoms with Crippen LogP contribution in [-0.2, 0) is 0 Å². The number of hydrogen-bond donors (Lipinski definition) is 2. The minimum absolute atomic E-state index is 0.165. The summed E-state index contributed by atoms with van der Waals surface area (Å²) in [6, 6.07) is 5.81. The molecule has 3 N–H and O–H groups in total. The molecule has 0 atom stereocenters. The van der Waals surface area contributed by atoms with Gasteiger partial charge in [-0.15, -0.1) is 11.3 Å². The van der Waals surface area contributed by atoms with E-state index in [-0.39, 0.29) is 11.7 Å². The number of nitrogens with one attached hydrogen (secondary N) is 1. The van der Waals surface area contributed by atoms with Gasteiger partial charge >= 0.3 is 0 Å². The monoisotopic (exact) mass is 237 g/mol. The molecule has 6 heteroatoms. The maximum atomic E-state index is 12.8. The number of carbonyl (C=O) groups excluding carboxylic acids is 1. The molecule has 0 aliphatic rings. The lowest BCUT2D eigenvalue weighted by Crippen LogP contribution is -2.13. The summed E-state index contributed by atoms with van der Waals surface area (Å²) < 4.78 is 12.8. The number of rotatable bonds is 2. The highest BCUT2D eigenvalue weighted by Gasteiger charge is 2.11. The maximum absolute atomic E-state index is 12.8. The summed E-state index contributed by atoms with van der Waals surface area (Å²) in [5, 5.41) is 4.18. The van der Waals surface area contributed by atoms with Crippen molar-refractivity contribution < 1.29 is 9.18 Å². The van der Waals surface area contributed by atoms with Crippen molar-refractivity contribution in [1.29, 1.82) is 0 Å². The van der Waals surface area contributed by atoms with Gasteiger partial charge in [0.1, 0.15) is 10.7 Å². The largest absolute Gasteiger partial charge is 0.397 e. The fraction of sp³-hybridized carbons (Fsp3) is 0. The molecule has 0 bridgehead atoms.